The van der Waals surface area contributed by atoms with E-state index in [0.29, 0.717) is 38.9 Å². The standard InChI is InChI=1S/C10H14N2O4/c13-7-1-3-9(4-2-7)8(14)11-10(12-9)15-5-6-16-10/h12H,1-6H2,(H,11,14). The summed E-state index contributed by atoms with van der Waals surface area (Å²) in [6.45, 7) is 0.921. The smallest absolute Gasteiger partial charge is 0.317 e. The van der Waals surface area contributed by atoms with Crippen molar-refractivity contribution in [2.24, 2.45) is 0 Å². The molecule has 2 saturated heterocycles. The first-order valence-corrected chi connectivity index (χ1v) is 5.56. The van der Waals surface area contributed by atoms with Crippen LogP contribution in [0, 0.1) is 0 Å². The number of carbonyl (C=O) groups excluding carboxylic acids is 2. The van der Waals surface area contributed by atoms with Crippen molar-refractivity contribution in [2.75, 3.05) is 13.2 Å². The van der Waals surface area contributed by atoms with Gasteiger partial charge in [-0.25, -0.2) is 5.32 Å². The number of ketones is 1. The average Bonchev–Trinajstić information content (AvgIpc) is 2.80. The van der Waals surface area contributed by atoms with Gasteiger partial charge in [0.05, 0.1) is 13.2 Å². The Kier molecular flexibility index (Phi) is 2.07. The van der Waals surface area contributed by atoms with Crippen LogP contribution in [0.25, 0.3) is 0 Å². The molecule has 3 rings (SSSR count). The van der Waals surface area contributed by atoms with Crippen LogP contribution in [0.2, 0.25) is 0 Å². The van der Waals surface area contributed by atoms with Gasteiger partial charge in [0.15, 0.2) is 0 Å². The lowest BCUT2D eigenvalue weighted by atomic mass is 9.81. The molecule has 2 aliphatic heterocycles. The maximum Gasteiger partial charge on any atom is 0.318 e. The number of Topliss-reactive ketones (excluding diaryl/α,β-unsaturated/α-hetero) is 1. The van der Waals surface area contributed by atoms with E-state index >= 15 is 0 Å². The molecule has 3 aliphatic rings. The first-order valence-electron chi connectivity index (χ1n) is 5.56. The van der Waals surface area contributed by atoms with Crippen LogP contribution in [0.1, 0.15) is 25.7 Å². The second kappa shape index (κ2) is 3.26. The van der Waals surface area contributed by atoms with E-state index in [2.05, 4.69) is 10.6 Å². The van der Waals surface area contributed by atoms with Gasteiger partial charge in [0, 0.05) is 12.8 Å². The zero-order chi connectivity index (χ0) is 11.2. The second-order valence-corrected chi connectivity index (χ2v) is 4.51. The van der Waals surface area contributed by atoms with Gasteiger partial charge < -0.3 is 9.47 Å². The summed E-state index contributed by atoms with van der Waals surface area (Å²) < 4.78 is 10.8. The molecule has 1 amide bonds. The first-order chi connectivity index (χ1) is 7.64. The van der Waals surface area contributed by atoms with Gasteiger partial charge in [0.2, 0.25) is 5.91 Å². The molecule has 0 aromatic rings. The Labute approximate surface area is 92.7 Å². The van der Waals surface area contributed by atoms with Gasteiger partial charge in [0.1, 0.15) is 11.3 Å². The summed E-state index contributed by atoms with van der Waals surface area (Å²) in [7, 11) is 0. The van der Waals surface area contributed by atoms with Gasteiger partial charge in [-0.3, -0.25) is 14.9 Å². The monoisotopic (exact) mass is 226 g/mol. The van der Waals surface area contributed by atoms with Crippen LogP contribution < -0.4 is 10.6 Å². The van der Waals surface area contributed by atoms with Crippen molar-refractivity contribution in [3.8, 4) is 0 Å². The van der Waals surface area contributed by atoms with Gasteiger partial charge >= 0.3 is 6.03 Å². The normalized spacial score (nSPS) is 31.2. The minimum Gasteiger partial charge on any atom is -0.317 e. The number of hydrogen-bond acceptors (Lipinski definition) is 5. The van der Waals surface area contributed by atoms with E-state index < -0.39 is 11.6 Å². The zero-order valence-electron chi connectivity index (χ0n) is 8.88. The van der Waals surface area contributed by atoms with Gasteiger partial charge in [-0.2, -0.15) is 0 Å². The molecule has 2 N–H and O–H groups in total. The van der Waals surface area contributed by atoms with Gasteiger partial charge in [0.25, 0.3) is 0 Å². The highest BCUT2D eigenvalue weighted by molar-refractivity contribution is 5.92. The van der Waals surface area contributed by atoms with Crippen LogP contribution >= 0.6 is 0 Å². The molecule has 1 aliphatic carbocycles. The maximum atomic E-state index is 12.0. The predicted octanol–water partition coefficient (Wildman–Crippen LogP) is -0.754. The molecule has 2 spiro atoms. The molecule has 0 unspecified atom stereocenters. The summed E-state index contributed by atoms with van der Waals surface area (Å²) in [4.78, 5) is 23.2. The summed E-state index contributed by atoms with van der Waals surface area (Å²) >= 11 is 0. The maximum absolute atomic E-state index is 12.0. The molecule has 6 nitrogen and oxygen atoms in total. The molecule has 1 saturated carbocycles. The highest BCUT2D eigenvalue weighted by Gasteiger charge is 2.57. The summed E-state index contributed by atoms with van der Waals surface area (Å²) in [5, 5.41) is 5.79. The van der Waals surface area contributed by atoms with Gasteiger partial charge in [-0.1, -0.05) is 0 Å². The lowest BCUT2D eigenvalue weighted by Gasteiger charge is -2.31. The fraction of sp³-hybridized carbons (Fsp3) is 0.800. The molecular weight excluding hydrogens is 212 g/mol. The Bertz CT molecular complexity index is 339. The van der Waals surface area contributed by atoms with Crippen molar-refractivity contribution >= 4 is 11.7 Å². The number of ether oxygens (including phenoxy) is 2. The summed E-state index contributed by atoms with van der Waals surface area (Å²) in [5.74, 6) is 0.0938. The Morgan fingerprint density at radius 3 is 2.31 bits per heavy atom. The number of amides is 1. The van der Waals surface area contributed by atoms with E-state index in [1.54, 1.807) is 0 Å². The third kappa shape index (κ3) is 1.37. The molecule has 2 heterocycles. The topological polar surface area (TPSA) is 76.7 Å². The predicted molar refractivity (Wildman–Crippen MR) is 52.1 cm³/mol. The van der Waals surface area contributed by atoms with E-state index in [1.165, 1.54) is 0 Å². The van der Waals surface area contributed by atoms with Crippen molar-refractivity contribution in [3.63, 3.8) is 0 Å². The second-order valence-electron chi connectivity index (χ2n) is 4.51. The van der Waals surface area contributed by atoms with E-state index in [4.69, 9.17) is 9.47 Å². The van der Waals surface area contributed by atoms with Crippen LogP contribution in [0.4, 0.5) is 0 Å². The van der Waals surface area contributed by atoms with Crippen LogP contribution in [0.3, 0.4) is 0 Å². The summed E-state index contributed by atoms with van der Waals surface area (Å²) in [6, 6.07) is -1.14. The molecule has 0 aromatic heterocycles. The SMILES string of the molecule is O=C1CCC2(CC1)NC1(NC2=O)OCCO1. The average molecular weight is 226 g/mol. The molecule has 0 radical (unpaired) electrons. The van der Waals surface area contributed by atoms with Crippen molar-refractivity contribution in [1.82, 2.24) is 10.6 Å². The van der Waals surface area contributed by atoms with Crippen LogP contribution in [0.15, 0.2) is 0 Å². The summed E-state index contributed by atoms with van der Waals surface area (Å²) in [6.07, 6.45) is 1.92. The van der Waals surface area contributed by atoms with Crippen molar-refractivity contribution < 1.29 is 19.1 Å². The highest BCUT2D eigenvalue weighted by atomic mass is 16.8. The van der Waals surface area contributed by atoms with Crippen LogP contribution in [-0.2, 0) is 19.1 Å². The van der Waals surface area contributed by atoms with E-state index in [0.717, 1.165) is 0 Å². The molecular formula is C10H14N2O4. The van der Waals surface area contributed by atoms with E-state index in [9.17, 15) is 9.59 Å². The van der Waals surface area contributed by atoms with E-state index in [1.807, 2.05) is 0 Å². The molecule has 0 bridgehead atoms. The Hall–Kier alpha value is -0.980. The third-order valence-corrected chi connectivity index (χ3v) is 3.47. The molecule has 16 heavy (non-hydrogen) atoms. The minimum atomic E-state index is -1.14. The molecule has 3 fully saturated rings. The third-order valence-electron chi connectivity index (χ3n) is 3.47. The number of carbonyl (C=O) groups is 2. The Morgan fingerprint density at radius 1 is 1.06 bits per heavy atom. The molecule has 6 heteroatoms. The van der Waals surface area contributed by atoms with Gasteiger partial charge in [-0.05, 0) is 12.8 Å². The quantitative estimate of drug-likeness (QED) is 0.568. The summed E-state index contributed by atoms with van der Waals surface area (Å²) in [5.41, 5.74) is -0.682. The lowest BCUT2D eigenvalue weighted by molar-refractivity contribution is -0.192. The lowest BCUT2D eigenvalue weighted by Crippen LogP contribution is -2.56. The minimum absolute atomic E-state index is 0.123. The zero-order valence-corrected chi connectivity index (χ0v) is 8.88. The Morgan fingerprint density at radius 2 is 1.69 bits per heavy atom. The molecule has 0 aromatic carbocycles. The van der Waals surface area contributed by atoms with Crippen molar-refractivity contribution in [1.29, 1.82) is 0 Å². The largest absolute Gasteiger partial charge is 0.318 e. The first kappa shape index (κ1) is 10.2. The molecule has 0 atom stereocenters. The van der Waals surface area contributed by atoms with E-state index in [-0.39, 0.29) is 11.7 Å². The Balaban J connectivity index is 1.81. The fourth-order valence-electron chi connectivity index (χ4n) is 2.54. The number of rotatable bonds is 0. The van der Waals surface area contributed by atoms with Crippen molar-refractivity contribution in [2.45, 2.75) is 37.3 Å². The highest BCUT2D eigenvalue weighted by Crippen LogP contribution is 2.34. The molecule has 88 valence electrons. The number of nitrogens with one attached hydrogen (secondary N) is 2. The van der Waals surface area contributed by atoms with Crippen LogP contribution in [-0.4, -0.2) is 36.5 Å². The van der Waals surface area contributed by atoms with Crippen LogP contribution in [0.5, 0.6) is 0 Å². The fourth-order valence-corrected chi connectivity index (χ4v) is 2.54. The number of hydrogen-bond donors (Lipinski definition) is 2. The van der Waals surface area contributed by atoms with Crippen molar-refractivity contribution in [3.05, 3.63) is 0 Å². The van der Waals surface area contributed by atoms with Gasteiger partial charge in [-0.15, -0.1) is 0 Å².